The van der Waals surface area contributed by atoms with Crippen LogP contribution in [-0.4, -0.2) is 11.8 Å². The van der Waals surface area contributed by atoms with Gasteiger partial charge in [-0.3, -0.25) is 4.79 Å². The van der Waals surface area contributed by atoms with Gasteiger partial charge in [0.2, 0.25) is 0 Å². The Hall–Kier alpha value is 1.09. The topological polar surface area (TPSA) is 43.1 Å². The van der Waals surface area contributed by atoms with E-state index in [1.165, 1.54) is 6.92 Å². The lowest BCUT2D eigenvalue weighted by Gasteiger charge is -1.91. The lowest BCUT2D eigenvalue weighted by Crippen LogP contribution is -2.23. The molecule has 1 atom stereocenters. The van der Waals surface area contributed by atoms with Crippen LogP contribution in [-0.2, 0) is 4.79 Å². The van der Waals surface area contributed by atoms with Crippen LogP contribution in [0, 0.1) is 0 Å². The summed E-state index contributed by atoms with van der Waals surface area (Å²) in [6.07, 6.45) is 0. The average Bonchev–Trinajstić information content (AvgIpc) is 1.72. The predicted octanol–water partition coefficient (Wildman–Crippen LogP) is 1.69. The van der Waals surface area contributed by atoms with Crippen LogP contribution in [0.3, 0.4) is 0 Å². The average molecular weight is 341 g/mol. The summed E-state index contributed by atoms with van der Waals surface area (Å²) in [5, 5.41) is 0. The van der Waals surface area contributed by atoms with Crippen molar-refractivity contribution in [3.05, 3.63) is 0 Å². The molecule has 0 aliphatic rings. The first-order valence-corrected chi connectivity index (χ1v) is 8.33. The van der Waals surface area contributed by atoms with Crippen LogP contribution >= 0.6 is 37.2 Å². The van der Waals surface area contributed by atoms with Crippen LogP contribution in [0.5, 0.6) is 0 Å². The minimum absolute atomic E-state index is 0.0370. The normalized spacial score (nSPS) is 11.1. The molecule has 0 aliphatic carbocycles. The van der Waals surface area contributed by atoms with Crippen LogP contribution in [0.4, 0.5) is 0 Å². The maximum Gasteiger partial charge on any atom is 0.146 e. The standard InChI is InChI=1S/C4H9NO.I2/c1-3(5)4(2)6;1-2/h3H,5H2,1-2H3;. The van der Waals surface area contributed by atoms with E-state index in [0.29, 0.717) is 0 Å². The fraction of sp³-hybridized carbons (Fsp3) is 0.750. The molecule has 0 aromatic heterocycles. The van der Waals surface area contributed by atoms with Crippen molar-refractivity contribution in [1.82, 2.24) is 0 Å². The highest BCUT2D eigenvalue weighted by molar-refractivity contribution is 15.0. The fourth-order valence-electron chi connectivity index (χ4n) is 0. The quantitative estimate of drug-likeness (QED) is 0.738. The number of halogens is 2. The van der Waals surface area contributed by atoms with Crippen molar-refractivity contribution in [1.29, 1.82) is 0 Å². The molecule has 0 saturated carbocycles. The summed E-state index contributed by atoms with van der Waals surface area (Å²) < 4.78 is 0. The highest BCUT2D eigenvalue weighted by atomic mass is 128. The van der Waals surface area contributed by atoms with Crippen molar-refractivity contribution in [3.8, 4) is 0 Å². The van der Waals surface area contributed by atoms with E-state index in [-0.39, 0.29) is 11.8 Å². The molecule has 0 radical (unpaired) electrons. The second kappa shape index (κ2) is 8.09. The zero-order valence-corrected chi connectivity index (χ0v) is 9.13. The maximum atomic E-state index is 10.0. The van der Waals surface area contributed by atoms with Gasteiger partial charge in [0.05, 0.1) is 6.04 Å². The molecule has 0 spiro atoms. The monoisotopic (exact) mass is 341 g/mol. The molecule has 2 N–H and O–H groups in total. The van der Waals surface area contributed by atoms with Crippen LogP contribution < -0.4 is 5.73 Å². The Morgan fingerprint density at radius 1 is 1.62 bits per heavy atom. The first-order valence-electron chi connectivity index (χ1n) is 2.05. The van der Waals surface area contributed by atoms with E-state index in [0.717, 1.165) is 0 Å². The highest BCUT2D eigenvalue weighted by Gasteiger charge is 1.95. The van der Waals surface area contributed by atoms with Crippen LogP contribution in [0.1, 0.15) is 13.8 Å². The zero-order valence-electron chi connectivity index (χ0n) is 4.82. The Morgan fingerprint density at radius 3 is 1.75 bits per heavy atom. The molecule has 4 heteroatoms. The van der Waals surface area contributed by atoms with Crippen LogP contribution in [0.2, 0.25) is 0 Å². The van der Waals surface area contributed by atoms with Crippen molar-refractivity contribution in [3.63, 3.8) is 0 Å². The molecule has 50 valence electrons. The van der Waals surface area contributed by atoms with Gasteiger partial charge in [-0.15, -0.1) is 0 Å². The molecular weight excluding hydrogens is 332 g/mol. The van der Waals surface area contributed by atoms with E-state index < -0.39 is 0 Å². The summed E-state index contributed by atoms with van der Waals surface area (Å²) in [4.78, 5) is 10.0. The minimum atomic E-state index is -0.287. The summed E-state index contributed by atoms with van der Waals surface area (Å²) in [5.41, 5.74) is 5.09. The Morgan fingerprint density at radius 2 is 1.75 bits per heavy atom. The number of nitrogens with two attached hydrogens (primary N) is 1. The van der Waals surface area contributed by atoms with Gasteiger partial charge in [-0.05, 0) is 13.8 Å². The largest absolute Gasteiger partial charge is 0.322 e. The summed E-state index contributed by atoms with van der Waals surface area (Å²) in [6.45, 7) is 3.15. The van der Waals surface area contributed by atoms with Gasteiger partial charge in [-0.2, -0.15) is 0 Å². The third kappa shape index (κ3) is 10.1. The minimum Gasteiger partial charge on any atom is -0.322 e. The van der Waals surface area contributed by atoms with Crippen molar-refractivity contribution in [2.24, 2.45) is 5.73 Å². The molecule has 0 bridgehead atoms. The van der Waals surface area contributed by atoms with E-state index in [1.807, 2.05) is 0 Å². The number of carbonyl (C=O) groups is 1. The molecule has 0 saturated heterocycles. The first kappa shape index (κ1) is 11.8. The third-order valence-electron chi connectivity index (χ3n) is 0.641. The van der Waals surface area contributed by atoms with Gasteiger partial charge in [-0.25, -0.2) is 0 Å². The molecule has 1 unspecified atom stereocenters. The second-order valence-corrected chi connectivity index (χ2v) is 1.40. The summed E-state index contributed by atoms with van der Waals surface area (Å²) >= 11 is 4.24. The van der Waals surface area contributed by atoms with Crippen LogP contribution in [0.15, 0.2) is 0 Å². The van der Waals surface area contributed by atoms with Crippen molar-refractivity contribution >= 4 is 43.0 Å². The number of carbonyl (C=O) groups excluding carboxylic acids is 1. The second-order valence-electron chi connectivity index (χ2n) is 1.40. The smallest absolute Gasteiger partial charge is 0.146 e. The molecule has 0 amide bonds. The van der Waals surface area contributed by atoms with Crippen molar-refractivity contribution in [2.45, 2.75) is 19.9 Å². The van der Waals surface area contributed by atoms with Crippen molar-refractivity contribution < 1.29 is 4.79 Å². The van der Waals surface area contributed by atoms with E-state index in [9.17, 15) is 4.79 Å². The SMILES string of the molecule is CC(=O)C(C)N.II. The molecule has 0 aromatic carbocycles. The number of Topliss-reactive ketones (excluding diaryl/α,β-unsaturated/α-hetero) is 1. The predicted molar refractivity (Wildman–Crippen MR) is 52.4 cm³/mol. The van der Waals surface area contributed by atoms with Gasteiger partial charge in [0.25, 0.3) is 0 Å². The lowest BCUT2D eigenvalue weighted by molar-refractivity contribution is -0.117. The van der Waals surface area contributed by atoms with Gasteiger partial charge in [0.15, 0.2) is 0 Å². The van der Waals surface area contributed by atoms with Gasteiger partial charge >= 0.3 is 0 Å². The Bertz CT molecular complexity index is 65.1. The zero-order chi connectivity index (χ0) is 7.15. The number of hydrogen-bond donors (Lipinski definition) is 1. The van der Waals surface area contributed by atoms with E-state index in [4.69, 9.17) is 5.73 Å². The van der Waals surface area contributed by atoms with Crippen molar-refractivity contribution in [2.75, 3.05) is 0 Å². The van der Waals surface area contributed by atoms with Gasteiger partial charge in [0, 0.05) is 37.2 Å². The lowest BCUT2D eigenvalue weighted by atomic mass is 10.3. The van der Waals surface area contributed by atoms with E-state index in [2.05, 4.69) is 37.2 Å². The summed E-state index contributed by atoms with van der Waals surface area (Å²) in [6, 6.07) is -0.287. The molecular formula is C4H9I2NO. The highest BCUT2D eigenvalue weighted by Crippen LogP contribution is 1.89. The number of hydrogen-bond acceptors (Lipinski definition) is 2. The summed E-state index contributed by atoms with van der Waals surface area (Å²) in [5.74, 6) is 0.0370. The maximum absolute atomic E-state index is 10.0. The summed E-state index contributed by atoms with van der Waals surface area (Å²) in [7, 11) is 0. The molecule has 0 fully saturated rings. The van der Waals surface area contributed by atoms with E-state index >= 15 is 0 Å². The molecule has 8 heavy (non-hydrogen) atoms. The van der Waals surface area contributed by atoms with Crippen LogP contribution in [0.25, 0.3) is 0 Å². The number of ketones is 1. The van der Waals surface area contributed by atoms with Gasteiger partial charge < -0.3 is 5.73 Å². The Balaban J connectivity index is 0. The van der Waals surface area contributed by atoms with Gasteiger partial charge in [0.1, 0.15) is 5.78 Å². The fourth-order valence-corrected chi connectivity index (χ4v) is 0. The third-order valence-corrected chi connectivity index (χ3v) is 0.641. The Kier molecular flexibility index (Phi) is 12.0. The molecule has 2 nitrogen and oxygen atoms in total. The molecule has 0 aliphatic heterocycles. The molecule has 0 rings (SSSR count). The number of rotatable bonds is 1. The van der Waals surface area contributed by atoms with E-state index in [1.54, 1.807) is 6.92 Å². The molecule has 0 heterocycles. The van der Waals surface area contributed by atoms with Gasteiger partial charge in [-0.1, -0.05) is 0 Å². The first-order chi connectivity index (χ1) is 3.64. The molecule has 0 aromatic rings. The Labute approximate surface area is 72.9 Å².